The zero-order valence-corrected chi connectivity index (χ0v) is 27.0. The quantitative estimate of drug-likeness (QED) is 0.0305. The van der Waals surface area contributed by atoms with E-state index in [0.717, 1.165) is 33.6 Å². The lowest BCUT2D eigenvalue weighted by Crippen LogP contribution is -2.29. The van der Waals surface area contributed by atoms with Crippen LogP contribution in [0.2, 0.25) is 0 Å². The lowest BCUT2D eigenvalue weighted by atomic mass is 9.95. The van der Waals surface area contributed by atoms with Gasteiger partial charge in [0.2, 0.25) is 5.13 Å². The lowest BCUT2D eigenvalue weighted by Gasteiger charge is -2.22. The number of ketones is 1. The van der Waals surface area contributed by atoms with Crippen LogP contribution >= 0.6 is 23.1 Å². The van der Waals surface area contributed by atoms with Gasteiger partial charge in [-0.15, -0.1) is 10.2 Å². The van der Waals surface area contributed by atoms with E-state index in [0.29, 0.717) is 33.6 Å². The SMILES string of the molecule is Cc1ccc(CSc2nnc(N3C(=O)C(=O)/C(=C(/O)c4ccc(OCc5ccccc5C)cc4)C3c3ccc([N+](=O)[O-])cc3)s2)cc1. The van der Waals surface area contributed by atoms with Crippen LogP contribution in [-0.2, 0) is 21.9 Å². The largest absolute Gasteiger partial charge is 0.507 e. The maximum atomic E-state index is 13.6. The smallest absolute Gasteiger partial charge is 0.301 e. The number of hydrogen-bond acceptors (Lipinski definition) is 10. The molecule has 2 heterocycles. The molecule has 1 aromatic heterocycles. The highest BCUT2D eigenvalue weighted by Crippen LogP contribution is 2.44. The number of aliphatic hydroxyl groups excluding tert-OH is 1. The van der Waals surface area contributed by atoms with Gasteiger partial charge in [0.15, 0.2) is 4.34 Å². The molecule has 5 aromatic rings. The number of rotatable bonds is 10. The third kappa shape index (κ3) is 6.79. The zero-order valence-electron chi connectivity index (χ0n) is 25.3. The Bertz CT molecular complexity index is 1990. The van der Waals surface area contributed by atoms with E-state index in [9.17, 15) is 24.8 Å². The Hall–Kier alpha value is -5.33. The molecule has 4 aromatic carbocycles. The standard InChI is InChI=1S/C35H28N4O6S2/c1-21-7-9-23(10-8-21)20-46-35-37-36-34(47-35)38-30(24-11-15-27(16-12-24)39(43)44)29(32(41)33(38)42)31(40)25-13-17-28(18-14-25)45-19-26-6-4-3-5-22(26)2/h3-18,30,40H,19-20H2,1-2H3/b31-29+. The molecule has 1 saturated heterocycles. The predicted molar refractivity (Wildman–Crippen MR) is 180 cm³/mol. The number of Topliss-reactive ketones (excluding diaryl/α,β-unsaturated/α-hetero) is 1. The molecule has 6 rings (SSSR count). The first-order valence-corrected chi connectivity index (χ1v) is 16.3. The fourth-order valence-corrected chi connectivity index (χ4v) is 6.93. The first-order chi connectivity index (χ1) is 22.7. The van der Waals surface area contributed by atoms with Crippen molar-refractivity contribution < 1.29 is 24.4 Å². The number of aliphatic hydroxyl groups is 1. The second kappa shape index (κ2) is 13.6. The number of nitrogens with zero attached hydrogens (tertiary/aromatic N) is 4. The summed E-state index contributed by atoms with van der Waals surface area (Å²) in [5.41, 5.74) is 4.75. The second-order valence-electron chi connectivity index (χ2n) is 10.9. The van der Waals surface area contributed by atoms with Gasteiger partial charge < -0.3 is 9.84 Å². The molecule has 1 fully saturated rings. The van der Waals surface area contributed by atoms with Gasteiger partial charge in [-0.05, 0) is 72.5 Å². The molecule has 0 saturated carbocycles. The molecule has 1 aliphatic rings. The molecule has 1 N–H and O–H groups in total. The number of anilines is 1. The van der Waals surface area contributed by atoms with Crippen LogP contribution in [0.4, 0.5) is 10.8 Å². The van der Waals surface area contributed by atoms with Crippen molar-refractivity contribution in [2.45, 2.75) is 36.6 Å². The Morgan fingerprint density at radius 3 is 2.34 bits per heavy atom. The van der Waals surface area contributed by atoms with Crippen molar-refractivity contribution in [3.63, 3.8) is 0 Å². The Morgan fingerprint density at radius 1 is 0.957 bits per heavy atom. The summed E-state index contributed by atoms with van der Waals surface area (Å²) < 4.78 is 6.51. The van der Waals surface area contributed by atoms with E-state index in [-0.39, 0.29) is 16.4 Å². The molecule has 0 spiro atoms. The fraction of sp³-hybridized carbons (Fsp3) is 0.143. The van der Waals surface area contributed by atoms with E-state index in [2.05, 4.69) is 10.2 Å². The van der Waals surface area contributed by atoms with Gasteiger partial charge in [-0.3, -0.25) is 24.6 Å². The summed E-state index contributed by atoms with van der Waals surface area (Å²) in [7, 11) is 0. The van der Waals surface area contributed by atoms with Gasteiger partial charge in [-0.25, -0.2) is 0 Å². The number of thioether (sulfide) groups is 1. The summed E-state index contributed by atoms with van der Waals surface area (Å²) in [5, 5.41) is 31.5. The number of ether oxygens (including phenoxy) is 1. The molecule has 0 bridgehead atoms. The minimum absolute atomic E-state index is 0.155. The van der Waals surface area contributed by atoms with Crippen LogP contribution < -0.4 is 9.64 Å². The van der Waals surface area contributed by atoms with Crippen molar-refractivity contribution in [1.29, 1.82) is 0 Å². The van der Waals surface area contributed by atoms with Crippen LogP contribution in [-0.4, -0.2) is 31.9 Å². The average Bonchev–Trinajstić information content (AvgIpc) is 3.65. The van der Waals surface area contributed by atoms with Crippen molar-refractivity contribution >= 4 is 51.4 Å². The molecule has 10 nitrogen and oxygen atoms in total. The molecule has 1 amide bonds. The van der Waals surface area contributed by atoms with Crippen LogP contribution in [0.5, 0.6) is 5.75 Å². The summed E-state index contributed by atoms with van der Waals surface area (Å²) in [4.78, 5) is 39.1. The number of carbonyl (C=O) groups is 2. The van der Waals surface area contributed by atoms with E-state index < -0.39 is 28.4 Å². The Labute approximate surface area is 278 Å². The predicted octanol–water partition coefficient (Wildman–Crippen LogP) is 7.56. The first kappa shape index (κ1) is 31.6. The number of nitro benzene ring substituents is 1. The van der Waals surface area contributed by atoms with Crippen molar-refractivity contribution in [3.8, 4) is 5.75 Å². The van der Waals surface area contributed by atoms with Crippen LogP contribution in [0, 0.1) is 24.0 Å². The van der Waals surface area contributed by atoms with E-state index in [1.165, 1.54) is 40.9 Å². The van der Waals surface area contributed by atoms with Crippen molar-refractivity contribution in [3.05, 3.63) is 146 Å². The highest BCUT2D eigenvalue weighted by atomic mass is 32.2. The van der Waals surface area contributed by atoms with E-state index in [4.69, 9.17) is 4.74 Å². The van der Waals surface area contributed by atoms with Crippen LogP contribution in [0.25, 0.3) is 5.76 Å². The van der Waals surface area contributed by atoms with Crippen molar-refractivity contribution in [2.75, 3.05) is 4.90 Å². The summed E-state index contributed by atoms with van der Waals surface area (Å²) in [6.45, 7) is 4.38. The van der Waals surface area contributed by atoms with Gasteiger partial charge >= 0.3 is 5.91 Å². The minimum atomic E-state index is -1.10. The van der Waals surface area contributed by atoms with Gasteiger partial charge in [0.25, 0.3) is 11.5 Å². The number of carbonyl (C=O) groups excluding carboxylic acids is 2. The van der Waals surface area contributed by atoms with Crippen LogP contribution in [0.1, 0.15) is 39.4 Å². The number of aromatic nitrogens is 2. The molecular weight excluding hydrogens is 637 g/mol. The Kier molecular flexibility index (Phi) is 9.14. The first-order valence-electron chi connectivity index (χ1n) is 14.5. The molecule has 0 radical (unpaired) electrons. The number of non-ortho nitro benzene ring substituents is 1. The monoisotopic (exact) mass is 664 g/mol. The molecule has 236 valence electrons. The van der Waals surface area contributed by atoms with E-state index >= 15 is 0 Å². The van der Waals surface area contributed by atoms with Gasteiger partial charge in [0.1, 0.15) is 18.1 Å². The van der Waals surface area contributed by atoms with Gasteiger partial charge in [0, 0.05) is 23.4 Å². The van der Waals surface area contributed by atoms with Crippen LogP contribution in [0.15, 0.2) is 107 Å². The Balaban J connectivity index is 1.31. The molecular formula is C35H28N4O6S2. The molecule has 47 heavy (non-hydrogen) atoms. The number of aryl methyl sites for hydroxylation is 2. The third-order valence-electron chi connectivity index (χ3n) is 7.73. The molecule has 12 heteroatoms. The number of nitro groups is 1. The van der Waals surface area contributed by atoms with Gasteiger partial charge in [-0.2, -0.15) is 0 Å². The number of hydrogen-bond donors (Lipinski definition) is 1. The normalized spacial score (nSPS) is 15.6. The molecule has 1 atom stereocenters. The lowest BCUT2D eigenvalue weighted by molar-refractivity contribution is -0.384. The van der Waals surface area contributed by atoms with Gasteiger partial charge in [0.05, 0.1) is 16.5 Å². The highest BCUT2D eigenvalue weighted by Gasteiger charge is 2.48. The van der Waals surface area contributed by atoms with Crippen LogP contribution in [0.3, 0.4) is 0 Å². The maximum Gasteiger partial charge on any atom is 0.301 e. The van der Waals surface area contributed by atoms with Crippen molar-refractivity contribution in [1.82, 2.24) is 10.2 Å². The van der Waals surface area contributed by atoms with E-state index in [1.807, 2.05) is 62.4 Å². The fourth-order valence-electron chi connectivity index (χ4n) is 5.11. The van der Waals surface area contributed by atoms with E-state index in [1.54, 1.807) is 24.3 Å². The molecule has 0 aliphatic carbocycles. The summed E-state index contributed by atoms with van der Waals surface area (Å²) in [6, 6.07) is 27.0. The zero-order chi connectivity index (χ0) is 33.1. The highest BCUT2D eigenvalue weighted by molar-refractivity contribution is 8.00. The summed E-state index contributed by atoms with van der Waals surface area (Å²) in [6.07, 6.45) is 0. The third-order valence-corrected chi connectivity index (χ3v) is 9.86. The average molecular weight is 665 g/mol. The van der Waals surface area contributed by atoms with Gasteiger partial charge in [-0.1, -0.05) is 77.2 Å². The number of amides is 1. The van der Waals surface area contributed by atoms with Crippen molar-refractivity contribution in [2.24, 2.45) is 0 Å². The molecule has 1 unspecified atom stereocenters. The molecule has 1 aliphatic heterocycles. The summed E-state index contributed by atoms with van der Waals surface area (Å²) >= 11 is 2.59. The second-order valence-corrected chi connectivity index (χ2v) is 13.1. The Morgan fingerprint density at radius 2 is 1.66 bits per heavy atom. The maximum absolute atomic E-state index is 13.6. The minimum Gasteiger partial charge on any atom is -0.507 e. The number of benzene rings is 4. The summed E-state index contributed by atoms with van der Waals surface area (Å²) in [5.74, 6) is -1.00. The topological polar surface area (TPSA) is 136 Å².